The van der Waals surface area contributed by atoms with E-state index in [4.69, 9.17) is 17.2 Å². The molecule has 6 atom stereocenters. The molecule has 19 heteroatoms. The molecule has 1 saturated heterocycles. The second-order valence-electron chi connectivity index (χ2n) is 18.7. The van der Waals surface area contributed by atoms with Crippen molar-refractivity contribution in [2.24, 2.45) is 45.9 Å². The Morgan fingerprint density at radius 2 is 1.53 bits per heavy atom. The number of nitrogens with zero attached hydrogens (tertiary/aromatic N) is 2. The van der Waals surface area contributed by atoms with Crippen LogP contribution in [0.4, 0.5) is 0 Å². The predicted molar refractivity (Wildman–Crippen MR) is 262 cm³/mol. The number of rotatable bonds is 16. The van der Waals surface area contributed by atoms with Gasteiger partial charge in [0.05, 0.1) is 12.4 Å². The summed E-state index contributed by atoms with van der Waals surface area (Å²) in [4.78, 5) is 127. The normalized spacial score (nSPS) is 22.1. The summed E-state index contributed by atoms with van der Waals surface area (Å²) in [6.07, 6.45) is 8.11. The highest BCUT2D eigenvalue weighted by atomic mass is 16.2. The third-order valence-electron chi connectivity index (χ3n) is 13.5. The second-order valence-corrected chi connectivity index (χ2v) is 18.7. The van der Waals surface area contributed by atoms with Crippen molar-refractivity contribution in [3.63, 3.8) is 0 Å². The van der Waals surface area contributed by atoms with Crippen LogP contribution in [-0.2, 0) is 57.6 Å². The number of hydrogen-bond donors (Lipinski definition) is 9. The molecular weight excluding hydrogens is 895 g/mol. The number of benzene rings is 2. The lowest BCUT2D eigenvalue weighted by Gasteiger charge is -2.27. The van der Waals surface area contributed by atoms with Gasteiger partial charge in [-0.1, -0.05) is 67.8 Å². The first kappa shape index (κ1) is 52.2. The number of aromatic amines is 2. The van der Waals surface area contributed by atoms with Crippen LogP contribution in [0.3, 0.4) is 0 Å². The topological polar surface area (TPSA) is 320 Å². The van der Waals surface area contributed by atoms with Gasteiger partial charge in [0.2, 0.25) is 29.5 Å². The Hall–Kier alpha value is -7.18. The van der Waals surface area contributed by atoms with Gasteiger partial charge in [0.15, 0.2) is 11.7 Å². The molecule has 5 amide bonds. The van der Waals surface area contributed by atoms with Crippen molar-refractivity contribution in [3.05, 3.63) is 90.1 Å². The third kappa shape index (κ3) is 15.7. The number of H-pyrrole nitrogens is 2. The van der Waals surface area contributed by atoms with Crippen LogP contribution >= 0.6 is 0 Å². The molecule has 19 nitrogen and oxygen atoms in total. The minimum absolute atomic E-state index is 0.00779. The average molecular weight is 962 g/mol. The van der Waals surface area contributed by atoms with E-state index in [0.717, 1.165) is 35.7 Å². The molecular formula is C51H67N11O8. The number of ketones is 3. The molecule has 3 heterocycles. The van der Waals surface area contributed by atoms with Gasteiger partial charge >= 0.3 is 0 Å². The summed E-state index contributed by atoms with van der Waals surface area (Å²) >= 11 is 0. The number of primary amides is 1. The maximum Gasteiger partial charge on any atom is 0.243 e. The summed E-state index contributed by atoms with van der Waals surface area (Å²) in [5.41, 5.74) is 20.0. The molecule has 70 heavy (non-hydrogen) atoms. The van der Waals surface area contributed by atoms with Crippen molar-refractivity contribution >= 4 is 63.7 Å². The molecule has 1 saturated carbocycles. The van der Waals surface area contributed by atoms with Crippen molar-refractivity contribution < 1.29 is 38.4 Å². The lowest BCUT2D eigenvalue weighted by molar-refractivity contribution is -0.135. The molecule has 12 N–H and O–H groups in total. The minimum atomic E-state index is -1.27. The van der Waals surface area contributed by atoms with Crippen molar-refractivity contribution in [2.75, 3.05) is 13.1 Å². The van der Waals surface area contributed by atoms with Crippen LogP contribution in [0.1, 0.15) is 100 Å². The Morgan fingerprint density at radius 3 is 2.26 bits per heavy atom. The van der Waals surface area contributed by atoms with E-state index in [1.54, 1.807) is 30.5 Å². The monoisotopic (exact) mass is 962 g/mol. The number of nitrogens with two attached hydrogens (primary N) is 3. The molecule has 6 rings (SSSR count). The molecule has 0 radical (unpaired) electrons. The Labute approximate surface area is 407 Å². The molecule has 0 unspecified atom stereocenters. The van der Waals surface area contributed by atoms with Gasteiger partial charge in [0.1, 0.15) is 23.7 Å². The van der Waals surface area contributed by atoms with E-state index in [1.807, 2.05) is 30.3 Å². The van der Waals surface area contributed by atoms with Gasteiger partial charge in [-0.05, 0) is 68.6 Å². The molecule has 2 aliphatic rings. The number of Topliss-reactive ketones (excluding diaryl/α,β-unsaturated/α-hetero) is 3. The fraction of sp³-hybridized carbons (Fsp3) is 0.490. The zero-order valence-corrected chi connectivity index (χ0v) is 39.6. The van der Waals surface area contributed by atoms with Gasteiger partial charge < -0.3 is 48.4 Å². The number of aromatic nitrogens is 3. The Bertz CT molecular complexity index is 2460. The number of carbonyl (C=O) groups excluding carboxylic acids is 8. The van der Waals surface area contributed by atoms with Gasteiger partial charge in [-0.3, -0.25) is 43.3 Å². The number of nitrogens with one attached hydrogen (secondary N) is 6. The Morgan fingerprint density at radius 1 is 0.786 bits per heavy atom. The zero-order valence-electron chi connectivity index (χ0n) is 39.6. The molecule has 1 aliphatic carbocycles. The van der Waals surface area contributed by atoms with Gasteiger partial charge in [0, 0.05) is 97.9 Å². The molecule has 4 aromatic rings. The molecule has 0 spiro atoms. The summed E-state index contributed by atoms with van der Waals surface area (Å²) in [5.74, 6) is -7.50. The van der Waals surface area contributed by atoms with Gasteiger partial charge in [-0.25, -0.2) is 4.98 Å². The molecule has 2 aromatic heterocycles. The summed E-state index contributed by atoms with van der Waals surface area (Å²) in [6, 6.07) is 12.9. The van der Waals surface area contributed by atoms with E-state index in [-0.39, 0.29) is 95.1 Å². The fourth-order valence-electron chi connectivity index (χ4n) is 9.48. The van der Waals surface area contributed by atoms with E-state index in [2.05, 4.69) is 41.2 Å². The number of amides is 5. The molecule has 1 aliphatic heterocycles. The predicted octanol–water partition coefficient (Wildman–Crippen LogP) is 2.52. The van der Waals surface area contributed by atoms with E-state index in [0.29, 0.717) is 30.5 Å². The van der Waals surface area contributed by atoms with Crippen molar-refractivity contribution in [1.29, 1.82) is 0 Å². The van der Waals surface area contributed by atoms with E-state index < -0.39 is 76.9 Å². The maximum absolute atomic E-state index is 14.7. The number of carbonyl (C=O) groups is 8. The van der Waals surface area contributed by atoms with Gasteiger partial charge in [0.25, 0.3) is 0 Å². The van der Waals surface area contributed by atoms with E-state index >= 15 is 0 Å². The molecule has 374 valence electrons. The highest BCUT2D eigenvalue weighted by Gasteiger charge is 2.35. The molecule has 2 fully saturated rings. The number of hydrogen-bond acceptors (Lipinski definition) is 10. The quantitative estimate of drug-likeness (QED) is 0.0446. The summed E-state index contributed by atoms with van der Waals surface area (Å²) in [6.45, 7) is 0.111. The van der Waals surface area contributed by atoms with Crippen molar-refractivity contribution in [1.82, 2.24) is 36.2 Å². The van der Waals surface area contributed by atoms with Crippen LogP contribution < -0.4 is 38.5 Å². The number of fused-ring (bicyclic) bond motifs is 1. The van der Waals surface area contributed by atoms with Crippen LogP contribution in [0.5, 0.6) is 0 Å². The standard InChI is InChI=1S/C51H67N11O8/c52-47(67)35(23-36-28-58-39-16-8-7-15-38(36)39)26-44(64)34-19-21-56-46(66)18-17-40(60-48(68)32-12-5-2-6-13-32)49(69)62-42(27-37-29-55-30-59-37)50(70)61-41(22-31-10-3-1-4-11-31)45(65)25-33(43(63)24-34)14-9-20-57-51(53)54/h1,3-4,7-8,10-11,15-16,28-30,32-35,40-42,58H,2,5-6,9,12-14,17-27H2,(H2,52,67)(H,55,59)(H,56,66)(H,60,68)(H,61,70)(H,62,69)(H4,53,54,57)/t33-,34-,35-,40+,41-,42+/m1/s1. The lowest BCUT2D eigenvalue weighted by Crippen LogP contribution is -2.57. The fourth-order valence-corrected chi connectivity index (χ4v) is 9.48. The number of guanidine groups is 1. The average Bonchev–Trinajstić information content (AvgIpc) is 4.02. The summed E-state index contributed by atoms with van der Waals surface area (Å²) in [5, 5.41) is 12.2. The van der Waals surface area contributed by atoms with E-state index in [9.17, 15) is 38.4 Å². The van der Waals surface area contributed by atoms with Crippen LogP contribution in [0.2, 0.25) is 0 Å². The summed E-state index contributed by atoms with van der Waals surface area (Å²) in [7, 11) is 0. The lowest BCUT2D eigenvalue weighted by atomic mass is 9.81. The molecule has 2 aromatic carbocycles. The smallest absolute Gasteiger partial charge is 0.243 e. The van der Waals surface area contributed by atoms with Crippen LogP contribution in [0.25, 0.3) is 10.9 Å². The van der Waals surface area contributed by atoms with Crippen LogP contribution in [0.15, 0.2) is 78.3 Å². The maximum atomic E-state index is 14.7. The van der Waals surface area contributed by atoms with Gasteiger partial charge in [-0.15, -0.1) is 0 Å². The highest BCUT2D eigenvalue weighted by Crippen LogP contribution is 2.28. The SMILES string of the molecule is NC(=O)[C@@H](CC(=O)[C@@H]1CCNC(=O)CC[C@H](NC(=O)C2CCCCC2)C(=O)N[C@@H](Cc2cnc[nH]2)C(=O)N[C@H](Cc2ccccc2)C(=O)C[C@@H](CCCN=C(N)N)C(=O)C1)Cc1c[nH]c2ccccc12. The van der Waals surface area contributed by atoms with Crippen LogP contribution in [0, 0.1) is 23.7 Å². The first-order chi connectivity index (χ1) is 33.7. The third-order valence-corrected chi connectivity index (χ3v) is 13.5. The summed E-state index contributed by atoms with van der Waals surface area (Å²) < 4.78 is 0. The number of para-hydroxylation sites is 1. The number of aliphatic imine (C=N–C) groups is 1. The van der Waals surface area contributed by atoms with Crippen LogP contribution in [-0.4, -0.2) is 99.0 Å². The Kier molecular flexibility index (Phi) is 19.4. The highest BCUT2D eigenvalue weighted by molar-refractivity contribution is 5.98. The first-order valence-corrected chi connectivity index (χ1v) is 24.4. The number of imidazole rings is 1. The van der Waals surface area contributed by atoms with E-state index in [1.165, 1.54) is 12.5 Å². The van der Waals surface area contributed by atoms with Crippen molar-refractivity contribution in [3.8, 4) is 0 Å². The molecule has 0 bridgehead atoms. The first-order valence-electron chi connectivity index (χ1n) is 24.4. The largest absolute Gasteiger partial charge is 0.370 e. The van der Waals surface area contributed by atoms with Crippen molar-refractivity contribution in [2.45, 2.75) is 121 Å². The zero-order chi connectivity index (χ0) is 50.0. The van der Waals surface area contributed by atoms with Gasteiger partial charge in [-0.2, -0.15) is 0 Å². The Balaban J connectivity index is 1.32. The minimum Gasteiger partial charge on any atom is -0.370 e. The second kappa shape index (κ2) is 26.0.